The minimum Gasteiger partial charge on any atom is -0.207 e. The first-order valence-electron chi connectivity index (χ1n) is 3.47. The lowest BCUT2D eigenvalue weighted by molar-refractivity contribution is 0.616. The molecular formula is C9H10ClF. The van der Waals surface area contributed by atoms with Gasteiger partial charge in [0, 0.05) is 5.88 Å². The summed E-state index contributed by atoms with van der Waals surface area (Å²) in [6.45, 7) is 3.68. The van der Waals surface area contributed by atoms with Crippen LogP contribution in [0.5, 0.6) is 0 Å². The molecule has 0 unspecified atom stereocenters. The number of hydrogen-bond acceptors (Lipinski definition) is 0. The topological polar surface area (TPSA) is 0 Å². The first-order valence-corrected chi connectivity index (χ1v) is 4.01. The highest BCUT2D eigenvalue weighted by atomic mass is 35.5. The van der Waals surface area contributed by atoms with Crippen LogP contribution in [0, 0.1) is 19.7 Å². The van der Waals surface area contributed by atoms with E-state index < -0.39 is 0 Å². The highest BCUT2D eigenvalue weighted by molar-refractivity contribution is 6.17. The Labute approximate surface area is 71.0 Å². The van der Waals surface area contributed by atoms with E-state index in [1.54, 1.807) is 13.0 Å². The summed E-state index contributed by atoms with van der Waals surface area (Å²) in [5.41, 5.74) is 2.63. The van der Waals surface area contributed by atoms with Crippen LogP contribution in [0.2, 0.25) is 0 Å². The van der Waals surface area contributed by atoms with Crippen molar-refractivity contribution in [3.8, 4) is 0 Å². The summed E-state index contributed by atoms with van der Waals surface area (Å²) in [5.74, 6) is 0.210. The molecule has 0 aliphatic heterocycles. The summed E-state index contributed by atoms with van der Waals surface area (Å²) < 4.78 is 12.9. The van der Waals surface area contributed by atoms with E-state index >= 15 is 0 Å². The van der Waals surface area contributed by atoms with Gasteiger partial charge in [0.1, 0.15) is 5.82 Å². The monoisotopic (exact) mass is 172 g/mol. The Hall–Kier alpha value is -0.560. The number of rotatable bonds is 1. The summed E-state index contributed by atoms with van der Waals surface area (Å²) in [6, 6.07) is 3.22. The van der Waals surface area contributed by atoms with Crippen LogP contribution in [-0.4, -0.2) is 0 Å². The fraction of sp³-hybridized carbons (Fsp3) is 0.333. The third-order valence-corrected chi connectivity index (χ3v) is 2.17. The van der Waals surface area contributed by atoms with Crippen LogP contribution in [0.3, 0.4) is 0 Å². The average molecular weight is 173 g/mol. The van der Waals surface area contributed by atoms with Gasteiger partial charge in [0.15, 0.2) is 0 Å². The lowest BCUT2D eigenvalue weighted by Gasteiger charge is -2.06. The summed E-state index contributed by atoms with van der Waals surface area (Å²) in [5, 5.41) is 0. The van der Waals surface area contributed by atoms with Gasteiger partial charge in [0.25, 0.3) is 0 Å². The molecule has 0 radical (unpaired) electrons. The third kappa shape index (κ3) is 1.54. The van der Waals surface area contributed by atoms with Crippen LogP contribution in [0.1, 0.15) is 16.7 Å². The summed E-state index contributed by atoms with van der Waals surface area (Å²) >= 11 is 5.64. The van der Waals surface area contributed by atoms with Crippen molar-refractivity contribution in [2.45, 2.75) is 19.7 Å². The molecule has 2 heteroatoms. The van der Waals surface area contributed by atoms with Gasteiger partial charge in [0.2, 0.25) is 0 Å². The fourth-order valence-corrected chi connectivity index (χ4v) is 1.48. The Bertz CT molecular complexity index is 269. The molecule has 1 aromatic rings. The first kappa shape index (κ1) is 8.54. The maximum Gasteiger partial charge on any atom is 0.126 e. The Morgan fingerprint density at radius 3 is 2.45 bits per heavy atom. The number of benzene rings is 1. The van der Waals surface area contributed by atoms with E-state index in [-0.39, 0.29) is 5.82 Å². The van der Waals surface area contributed by atoms with E-state index in [2.05, 4.69) is 0 Å². The molecule has 0 heterocycles. The number of hydrogen-bond donors (Lipinski definition) is 0. The van der Waals surface area contributed by atoms with Gasteiger partial charge in [0.05, 0.1) is 0 Å². The van der Waals surface area contributed by atoms with Crippen molar-refractivity contribution in [3.05, 3.63) is 34.6 Å². The zero-order chi connectivity index (χ0) is 8.43. The molecule has 1 rings (SSSR count). The van der Waals surface area contributed by atoms with E-state index in [4.69, 9.17) is 11.6 Å². The molecule has 1 aromatic carbocycles. The van der Waals surface area contributed by atoms with Crippen molar-refractivity contribution in [2.24, 2.45) is 0 Å². The van der Waals surface area contributed by atoms with Crippen LogP contribution >= 0.6 is 11.6 Å². The molecule has 0 bridgehead atoms. The molecular weight excluding hydrogens is 163 g/mol. The van der Waals surface area contributed by atoms with Gasteiger partial charge >= 0.3 is 0 Å². The molecule has 0 N–H and O–H groups in total. The van der Waals surface area contributed by atoms with Gasteiger partial charge in [-0.25, -0.2) is 4.39 Å². The zero-order valence-corrected chi connectivity index (χ0v) is 7.37. The predicted molar refractivity (Wildman–Crippen MR) is 45.4 cm³/mol. The smallest absolute Gasteiger partial charge is 0.126 e. The maximum atomic E-state index is 12.9. The number of aryl methyl sites for hydroxylation is 1. The minimum atomic E-state index is -0.175. The van der Waals surface area contributed by atoms with E-state index in [9.17, 15) is 4.39 Å². The Balaban J connectivity index is 3.29. The average Bonchev–Trinajstić information content (AvgIpc) is 1.99. The molecule has 0 fully saturated rings. The molecule has 0 atom stereocenters. The summed E-state index contributed by atoms with van der Waals surface area (Å²) in [4.78, 5) is 0. The van der Waals surface area contributed by atoms with Crippen molar-refractivity contribution in [1.29, 1.82) is 0 Å². The second-order valence-electron chi connectivity index (χ2n) is 2.60. The van der Waals surface area contributed by atoms with E-state index in [1.165, 1.54) is 6.07 Å². The minimum absolute atomic E-state index is 0.175. The van der Waals surface area contributed by atoms with Crippen molar-refractivity contribution in [3.63, 3.8) is 0 Å². The Morgan fingerprint density at radius 1 is 1.36 bits per heavy atom. The highest BCUT2D eigenvalue weighted by Gasteiger charge is 2.04. The van der Waals surface area contributed by atoms with Crippen LogP contribution < -0.4 is 0 Å². The standard InChI is InChI=1S/C9H10ClF/c1-6-3-4-9(11)7(2)8(6)5-10/h3-4H,5H2,1-2H3. The summed E-state index contributed by atoms with van der Waals surface area (Å²) in [7, 11) is 0. The van der Waals surface area contributed by atoms with Crippen LogP contribution in [0.25, 0.3) is 0 Å². The van der Waals surface area contributed by atoms with Crippen molar-refractivity contribution in [1.82, 2.24) is 0 Å². The quantitative estimate of drug-likeness (QED) is 0.571. The molecule has 60 valence electrons. The molecule has 0 nitrogen and oxygen atoms in total. The van der Waals surface area contributed by atoms with Gasteiger partial charge in [-0.3, -0.25) is 0 Å². The van der Waals surface area contributed by atoms with Crippen LogP contribution in [-0.2, 0) is 5.88 Å². The molecule has 0 saturated carbocycles. The molecule has 0 saturated heterocycles. The lowest BCUT2D eigenvalue weighted by Crippen LogP contribution is -1.93. The van der Waals surface area contributed by atoms with E-state index in [0.717, 1.165) is 11.1 Å². The number of alkyl halides is 1. The molecule has 0 aliphatic rings. The van der Waals surface area contributed by atoms with E-state index in [1.807, 2.05) is 6.92 Å². The van der Waals surface area contributed by atoms with Gasteiger partial charge in [-0.15, -0.1) is 11.6 Å². The van der Waals surface area contributed by atoms with Crippen molar-refractivity contribution >= 4 is 11.6 Å². The van der Waals surface area contributed by atoms with Gasteiger partial charge in [-0.05, 0) is 36.6 Å². The first-order chi connectivity index (χ1) is 5.16. The predicted octanol–water partition coefficient (Wildman–Crippen LogP) is 3.18. The van der Waals surface area contributed by atoms with Crippen molar-refractivity contribution in [2.75, 3.05) is 0 Å². The second kappa shape index (κ2) is 3.22. The molecule has 0 spiro atoms. The zero-order valence-electron chi connectivity index (χ0n) is 6.62. The lowest BCUT2D eigenvalue weighted by atomic mass is 10.0. The normalized spacial score (nSPS) is 10.2. The molecule has 0 aliphatic carbocycles. The van der Waals surface area contributed by atoms with Gasteiger partial charge < -0.3 is 0 Å². The Morgan fingerprint density at radius 2 is 2.00 bits per heavy atom. The maximum absolute atomic E-state index is 12.9. The SMILES string of the molecule is Cc1ccc(F)c(C)c1CCl. The second-order valence-corrected chi connectivity index (χ2v) is 2.87. The Kier molecular flexibility index (Phi) is 2.50. The number of halogens is 2. The molecule has 0 aromatic heterocycles. The molecule has 11 heavy (non-hydrogen) atoms. The fourth-order valence-electron chi connectivity index (χ4n) is 1.07. The summed E-state index contributed by atoms with van der Waals surface area (Å²) in [6.07, 6.45) is 0. The van der Waals surface area contributed by atoms with Crippen LogP contribution in [0.15, 0.2) is 12.1 Å². The third-order valence-electron chi connectivity index (χ3n) is 1.90. The highest BCUT2D eigenvalue weighted by Crippen LogP contribution is 2.18. The largest absolute Gasteiger partial charge is 0.207 e. The van der Waals surface area contributed by atoms with E-state index in [0.29, 0.717) is 11.4 Å². The van der Waals surface area contributed by atoms with Crippen molar-refractivity contribution < 1.29 is 4.39 Å². The van der Waals surface area contributed by atoms with Crippen LogP contribution in [0.4, 0.5) is 4.39 Å². The van der Waals surface area contributed by atoms with Gasteiger partial charge in [-0.1, -0.05) is 6.07 Å². The van der Waals surface area contributed by atoms with Gasteiger partial charge in [-0.2, -0.15) is 0 Å². The molecule has 0 amide bonds.